The molecule has 0 fully saturated rings. The van der Waals surface area contributed by atoms with E-state index in [-0.39, 0.29) is 23.1 Å². The van der Waals surface area contributed by atoms with Crippen LogP contribution >= 0.6 is 23.4 Å². The summed E-state index contributed by atoms with van der Waals surface area (Å²) in [6, 6.07) is 17.8. The molecule has 0 bridgehead atoms. The third kappa shape index (κ3) is 6.78. The zero-order valence-electron chi connectivity index (χ0n) is 20.3. The number of nitrogens with one attached hydrogen (secondary N) is 1. The van der Waals surface area contributed by atoms with E-state index in [0.29, 0.717) is 28.2 Å². The molecule has 0 radical (unpaired) electrons. The van der Waals surface area contributed by atoms with Gasteiger partial charge in [0.1, 0.15) is 18.1 Å². The Morgan fingerprint density at radius 3 is 2.37 bits per heavy atom. The fourth-order valence-electron chi connectivity index (χ4n) is 3.44. The van der Waals surface area contributed by atoms with Gasteiger partial charge in [-0.2, -0.15) is 13.2 Å². The molecule has 0 atom stereocenters. The Hall–Kier alpha value is -3.70. The molecule has 1 N–H and O–H groups in total. The zero-order chi connectivity index (χ0) is 27.3. The van der Waals surface area contributed by atoms with Crippen LogP contribution < -0.4 is 14.8 Å². The highest BCUT2D eigenvalue weighted by Gasteiger charge is 2.34. The lowest BCUT2D eigenvalue weighted by atomic mass is 10.1. The number of methoxy groups -OCH3 is 1. The number of rotatable bonds is 9. The normalized spacial score (nSPS) is 11.3. The number of hydrogen-bond donors (Lipinski definition) is 1. The summed E-state index contributed by atoms with van der Waals surface area (Å²) in [7, 11) is 1.55. The number of thioether (sulfide) groups is 1. The van der Waals surface area contributed by atoms with Crippen LogP contribution in [-0.4, -0.2) is 33.5 Å². The van der Waals surface area contributed by atoms with Crippen LogP contribution in [0.5, 0.6) is 11.5 Å². The minimum Gasteiger partial charge on any atom is -0.497 e. The SMILES string of the molecule is COc1ccc(-n2c(COc3ccc(C)cc3)nnc2SCC(=O)Nc2ccc(Cl)cc2C(F)(F)F)cc1. The minimum absolute atomic E-state index is 0.0855. The van der Waals surface area contributed by atoms with Gasteiger partial charge in [-0.3, -0.25) is 9.36 Å². The van der Waals surface area contributed by atoms with Gasteiger partial charge in [0.2, 0.25) is 5.91 Å². The van der Waals surface area contributed by atoms with E-state index in [0.717, 1.165) is 29.5 Å². The van der Waals surface area contributed by atoms with E-state index in [1.54, 1.807) is 35.9 Å². The molecule has 0 saturated heterocycles. The van der Waals surface area contributed by atoms with Crippen molar-refractivity contribution in [3.63, 3.8) is 0 Å². The number of alkyl halides is 3. The average molecular weight is 563 g/mol. The Kier molecular flexibility index (Phi) is 8.48. The fourth-order valence-corrected chi connectivity index (χ4v) is 4.38. The number of carbonyl (C=O) groups is 1. The molecule has 7 nitrogen and oxygen atoms in total. The van der Waals surface area contributed by atoms with E-state index in [1.807, 2.05) is 31.2 Å². The van der Waals surface area contributed by atoms with Crippen molar-refractivity contribution in [1.82, 2.24) is 14.8 Å². The minimum atomic E-state index is -4.68. The standard InChI is InChI=1S/C26H22ClF3N4O3S/c1-16-3-8-20(9-4-16)37-14-23-32-33-25(34(23)18-6-10-19(36-2)11-7-18)38-15-24(35)31-22-12-5-17(27)13-21(22)26(28,29)30/h3-13H,14-15H2,1-2H3,(H,31,35). The summed E-state index contributed by atoms with van der Waals surface area (Å²) >= 11 is 6.74. The average Bonchev–Trinajstić information content (AvgIpc) is 3.30. The number of aryl methyl sites for hydroxylation is 1. The molecule has 1 heterocycles. The van der Waals surface area contributed by atoms with Crippen LogP contribution in [0.25, 0.3) is 5.69 Å². The fraction of sp³-hybridized carbons (Fsp3) is 0.192. The number of ether oxygens (including phenoxy) is 2. The molecule has 0 aliphatic carbocycles. The van der Waals surface area contributed by atoms with E-state index >= 15 is 0 Å². The van der Waals surface area contributed by atoms with Crippen molar-refractivity contribution in [2.75, 3.05) is 18.2 Å². The summed E-state index contributed by atoms with van der Waals surface area (Å²) in [6.07, 6.45) is -4.68. The van der Waals surface area contributed by atoms with Crippen molar-refractivity contribution in [3.05, 3.63) is 88.7 Å². The number of aromatic nitrogens is 3. The Morgan fingerprint density at radius 1 is 1.03 bits per heavy atom. The Balaban J connectivity index is 1.53. The van der Waals surface area contributed by atoms with Gasteiger partial charge in [0.25, 0.3) is 0 Å². The molecule has 0 unspecified atom stereocenters. The lowest BCUT2D eigenvalue weighted by Crippen LogP contribution is -2.18. The number of halogens is 4. The summed E-state index contributed by atoms with van der Waals surface area (Å²) < 4.78 is 53.0. The van der Waals surface area contributed by atoms with Gasteiger partial charge in [-0.15, -0.1) is 10.2 Å². The first kappa shape index (κ1) is 27.3. The highest BCUT2D eigenvalue weighted by Crippen LogP contribution is 2.36. The summed E-state index contributed by atoms with van der Waals surface area (Å²) in [5, 5.41) is 11.0. The number of carbonyl (C=O) groups excluding carboxylic acids is 1. The molecule has 4 aromatic rings. The number of benzene rings is 3. The van der Waals surface area contributed by atoms with E-state index in [2.05, 4.69) is 15.5 Å². The van der Waals surface area contributed by atoms with Gasteiger partial charge in [-0.1, -0.05) is 41.1 Å². The molecule has 1 amide bonds. The van der Waals surface area contributed by atoms with Crippen LogP contribution in [0.1, 0.15) is 17.0 Å². The van der Waals surface area contributed by atoms with Crippen molar-refractivity contribution in [2.45, 2.75) is 24.9 Å². The van der Waals surface area contributed by atoms with Gasteiger partial charge in [0.05, 0.1) is 24.1 Å². The third-order valence-electron chi connectivity index (χ3n) is 5.31. The molecular weight excluding hydrogens is 541 g/mol. The number of hydrogen-bond acceptors (Lipinski definition) is 6. The zero-order valence-corrected chi connectivity index (χ0v) is 21.8. The molecule has 3 aromatic carbocycles. The Morgan fingerprint density at radius 2 is 1.71 bits per heavy atom. The first-order chi connectivity index (χ1) is 18.1. The number of nitrogens with zero attached hydrogens (tertiary/aromatic N) is 3. The smallest absolute Gasteiger partial charge is 0.418 e. The first-order valence-corrected chi connectivity index (χ1v) is 12.6. The Labute approximate surface area is 225 Å². The van der Waals surface area contributed by atoms with Crippen molar-refractivity contribution in [2.24, 2.45) is 0 Å². The van der Waals surface area contributed by atoms with E-state index < -0.39 is 17.6 Å². The molecule has 198 valence electrons. The summed E-state index contributed by atoms with van der Waals surface area (Å²) in [4.78, 5) is 12.6. The summed E-state index contributed by atoms with van der Waals surface area (Å²) in [5.41, 5.74) is 0.381. The molecule has 38 heavy (non-hydrogen) atoms. The van der Waals surface area contributed by atoms with E-state index in [4.69, 9.17) is 21.1 Å². The quantitative estimate of drug-likeness (QED) is 0.233. The first-order valence-electron chi connectivity index (χ1n) is 11.2. The van der Waals surface area contributed by atoms with Crippen molar-refractivity contribution < 1.29 is 27.4 Å². The van der Waals surface area contributed by atoms with Crippen LogP contribution in [0.4, 0.5) is 18.9 Å². The van der Waals surface area contributed by atoms with Gasteiger partial charge in [-0.05, 0) is 61.5 Å². The van der Waals surface area contributed by atoms with Gasteiger partial charge >= 0.3 is 6.18 Å². The van der Waals surface area contributed by atoms with Crippen LogP contribution in [0.3, 0.4) is 0 Å². The van der Waals surface area contributed by atoms with Crippen molar-refractivity contribution >= 4 is 35.0 Å². The molecule has 1 aromatic heterocycles. The molecule has 0 aliphatic rings. The molecule has 4 rings (SSSR count). The maximum absolute atomic E-state index is 13.4. The maximum atomic E-state index is 13.4. The monoisotopic (exact) mass is 562 g/mol. The second kappa shape index (κ2) is 11.8. The van der Waals surface area contributed by atoms with E-state index in [9.17, 15) is 18.0 Å². The second-order valence-electron chi connectivity index (χ2n) is 8.06. The van der Waals surface area contributed by atoms with Crippen LogP contribution in [0.15, 0.2) is 71.9 Å². The van der Waals surface area contributed by atoms with Crippen LogP contribution in [-0.2, 0) is 17.6 Å². The lowest BCUT2D eigenvalue weighted by molar-refractivity contribution is -0.137. The molecular formula is C26H22ClF3N4O3S. The molecule has 12 heteroatoms. The van der Waals surface area contributed by atoms with Crippen molar-refractivity contribution in [3.8, 4) is 17.2 Å². The summed E-state index contributed by atoms with van der Waals surface area (Å²) in [6.45, 7) is 2.06. The highest BCUT2D eigenvalue weighted by atomic mass is 35.5. The number of anilines is 1. The van der Waals surface area contributed by atoms with Gasteiger partial charge in [0, 0.05) is 10.7 Å². The number of amides is 1. The Bertz CT molecular complexity index is 1410. The molecule has 0 spiro atoms. The highest BCUT2D eigenvalue weighted by molar-refractivity contribution is 7.99. The molecule has 0 saturated carbocycles. The van der Waals surface area contributed by atoms with Crippen LogP contribution in [0.2, 0.25) is 5.02 Å². The van der Waals surface area contributed by atoms with Gasteiger partial charge in [-0.25, -0.2) is 0 Å². The molecule has 0 aliphatic heterocycles. The topological polar surface area (TPSA) is 78.3 Å². The second-order valence-corrected chi connectivity index (χ2v) is 9.44. The van der Waals surface area contributed by atoms with Gasteiger partial charge < -0.3 is 14.8 Å². The van der Waals surface area contributed by atoms with Crippen LogP contribution in [0, 0.1) is 6.92 Å². The maximum Gasteiger partial charge on any atom is 0.418 e. The largest absolute Gasteiger partial charge is 0.497 e. The lowest BCUT2D eigenvalue weighted by Gasteiger charge is -2.14. The predicted molar refractivity (Wildman–Crippen MR) is 139 cm³/mol. The predicted octanol–water partition coefficient (Wildman–Crippen LogP) is 6.57. The van der Waals surface area contributed by atoms with Gasteiger partial charge in [0.15, 0.2) is 11.0 Å². The van der Waals surface area contributed by atoms with Crippen molar-refractivity contribution in [1.29, 1.82) is 0 Å². The third-order valence-corrected chi connectivity index (χ3v) is 6.48. The van der Waals surface area contributed by atoms with E-state index in [1.165, 1.54) is 6.07 Å². The summed E-state index contributed by atoms with van der Waals surface area (Å²) in [5.74, 6) is 0.904.